The molecule has 0 radical (unpaired) electrons. The molecule has 18 rings (SSSR count). The SMILES string of the molecule is c1ccc(-c2cc(-c3cccc(OCC45OC6C7(CCCO7)C(O4)C4(CCCO4)C(O5)C64CCCO4)n3)nc(-c3cccc(OCC45OC6C7(CCCO7)C(O4)C4(CCCO4)C(O5)C64CCCO4)n3)c2)cc1. The second-order valence-electron chi connectivity index (χ2n) is 22.1. The number of rotatable bonds is 9. The Bertz CT molecular complexity index is 2410. The van der Waals surface area contributed by atoms with Crippen molar-refractivity contribution in [2.24, 2.45) is 0 Å². The van der Waals surface area contributed by atoms with Gasteiger partial charge in [0.15, 0.2) is 13.2 Å². The Balaban J connectivity index is 0.683. The maximum atomic E-state index is 6.93. The van der Waals surface area contributed by atoms with Gasteiger partial charge in [-0.2, -0.15) is 0 Å². The molecule has 2 saturated carbocycles. The van der Waals surface area contributed by atoms with E-state index in [0.717, 1.165) is 88.2 Å². The van der Waals surface area contributed by atoms with Crippen molar-refractivity contribution in [2.75, 3.05) is 52.9 Å². The highest BCUT2D eigenvalue weighted by Crippen LogP contribution is 2.68. The van der Waals surface area contributed by atoms with E-state index in [0.29, 0.717) is 74.2 Å². The average Bonchev–Trinajstić information content (AvgIpc) is 4.31. The van der Waals surface area contributed by atoms with Crippen LogP contribution in [0.2, 0.25) is 0 Å². The molecule has 0 amide bonds. The highest BCUT2D eigenvalue weighted by Gasteiger charge is 2.86. The van der Waals surface area contributed by atoms with Crippen molar-refractivity contribution in [2.45, 2.75) is 159 Å². The van der Waals surface area contributed by atoms with Crippen molar-refractivity contribution in [3.63, 3.8) is 0 Å². The molecule has 12 aliphatic heterocycles. The number of hydrogen-bond donors (Lipinski definition) is 0. The lowest BCUT2D eigenvalue weighted by molar-refractivity contribution is -0.582. The van der Waals surface area contributed by atoms with Crippen LogP contribution in [0.3, 0.4) is 0 Å². The van der Waals surface area contributed by atoms with E-state index in [4.69, 9.17) is 81.3 Å². The summed E-state index contributed by atoms with van der Waals surface area (Å²) >= 11 is 0. The van der Waals surface area contributed by atoms with E-state index in [1.54, 1.807) is 0 Å². The van der Waals surface area contributed by atoms with Crippen molar-refractivity contribution >= 4 is 0 Å². The third-order valence-corrected chi connectivity index (χ3v) is 18.3. The largest absolute Gasteiger partial charge is 0.469 e. The monoisotopic (exact) mass is 985 g/mol. The van der Waals surface area contributed by atoms with Gasteiger partial charge in [-0.25, -0.2) is 15.0 Å². The van der Waals surface area contributed by atoms with Gasteiger partial charge in [0.1, 0.15) is 70.2 Å². The predicted molar refractivity (Wildman–Crippen MR) is 249 cm³/mol. The lowest BCUT2D eigenvalue weighted by Crippen LogP contribution is -2.91. The molecule has 14 aliphatic rings. The number of ether oxygens (including phenoxy) is 14. The predicted octanol–water partition coefficient (Wildman–Crippen LogP) is 6.63. The van der Waals surface area contributed by atoms with Gasteiger partial charge in [-0.05, 0) is 112 Å². The summed E-state index contributed by atoms with van der Waals surface area (Å²) in [6, 6.07) is 25.6. The van der Waals surface area contributed by atoms with Crippen LogP contribution in [0.25, 0.3) is 33.9 Å². The van der Waals surface area contributed by atoms with Gasteiger partial charge in [0.2, 0.25) is 11.8 Å². The zero-order valence-corrected chi connectivity index (χ0v) is 40.2. The third kappa shape index (κ3) is 5.93. The van der Waals surface area contributed by atoms with Gasteiger partial charge in [0, 0.05) is 51.8 Å². The van der Waals surface area contributed by atoms with Crippen LogP contribution in [-0.2, 0) is 56.8 Å². The zero-order chi connectivity index (χ0) is 47.4. The van der Waals surface area contributed by atoms with Crippen LogP contribution >= 0.6 is 0 Å². The fraction of sp³-hybridized carbons (Fsp3) is 0.618. The standard InChI is InChI=1S/C55H59N3O14/c1-2-12-34(13-3-1)35-30-38(36-14-4-16-40(57-36)59-32-54-67-42-48(18-6-24-61-48)43(68-54)50(20-8-26-63-50)44(69-54)49(42)19-7-25-62-49)56-39(31-35)37-15-5-17-41(58-37)60-33-55-70-45-51(21-9-27-64-51)46(71-55)53(23-11-29-66-53)47(72-55)52(45)22-10-28-65-52/h1-5,12-17,30-31,42-47H,6-11,18-29,32-33H2. The van der Waals surface area contributed by atoms with Crippen LogP contribution < -0.4 is 9.47 Å². The minimum absolute atomic E-state index is 0.0586. The first-order valence-electron chi connectivity index (χ1n) is 26.5. The maximum absolute atomic E-state index is 6.93. The first-order chi connectivity index (χ1) is 35.3. The van der Waals surface area contributed by atoms with E-state index in [-0.39, 0.29) is 13.2 Å². The second kappa shape index (κ2) is 15.7. The minimum Gasteiger partial charge on any atom is -0.469 e. The molecule has 0 unspecified atom stereocenters. The Kier molecular flexibility index (Phi) is 9.61. The normalized spacial score (nSPS) is 44.7. The van der Waals surface area contributed by atoms with E-state index in [2.05, 4.69) is 12.1 Å². The van der Waals surface area contributed by atoms with Gasteiger partial charge in [0.05, 0.1) is 22.8 Å². The van der Waals surface area contributed by atoms with Gasteiger partial charge < -0.3 is 66.3 Å². The maximum Gasteiger partial charge on any atom is 0.320 e. The van der Waals surface area contributed by atoms with Crippen LogP contribution in [0.15, 0.2) is 78.9 Å². The van der Waals surface area contributed by atoms with Crippen LogP contribution in [-0.4, -0.2) is 150 Å². The molecule has 6 spiro atoms. The molecular formula is C55H59N3O14. The third-order valence-electron chi connectivity index (χ3n) is 18.3. The Hall–Kier alpha value is -4.21. The summed E-state index contributed by atoms with van der Waals surface area (Å²) in [5.74, 6) is -2.26. The fourth-order valence-electron chi connectivity index (χ4n) is 15.7. The molecule has 0 atom stereocenters. The van der Waals surface area contributed by atoms with Gasteiger partial charge >= 0.3 is 11.9 Å². The lowest BCUT2D eigenvalue weighted by atomic mass is 9.57. The zero-order valence-electron chi connectivity index (χ0n) is 40.2. The summed E-state index contributed by atoms with van der Waals surface area (Å²) in [6.07, 6.45) is 7.99. The van der Waals surface area contributed by atoms with Gasteiger partial charge in [-0.15, -0.1) is 0 Å². The Morgan fingerprint density at radius 1 is 0.361 bits per heavy atom. The molecule has 14 fully saturated rings. The summed E-state index contributed by atoms with van der Waals surface area (Å²) in [7, 11) is 0. The van der Waals surface area contributed by atoms with E-state index in [1.165, 1.54) is 0 Å². The molecule has 15 heterocycles. The molecule has 1 aromatic carbocycles. The van der Waals surface area contributed by atoms with E-state index in [1.807, 2.05) is 66.7 Å². The summed E-state index contributed by atoms with van der Waals surface area (Å²) in [4.78, 5) is 15.2. The highest BCUT2D eigenvalue weighted by atomic mass is 16.9. The molecule has 17 nitrogen and oxygen atoms in total. The summed E-state index contributed by atoms with van der Waals surface area (Å²) in [5.41, 5.74) is 0.288. The van der Waals surface area contributed by atoms with Crippen LogP contribution in [0, 0.1) is 0 Å². The molecule has 3 aromatic heterocycles. The van der Waals surface area contributed by atoms with Crippen molar-refractivity contribution in [1.82, 2.24) is 15.0 Å². The summed E-state index contributed by atoms with van der Waals surface area (Å²) in [5, 5.41) is 0. The van der Waals surface area contributed by atoms with Crippen LogP contribution in [0.4, 0.5) is 0 Å². The van der Waals surface area contributed by atoms with Gasteiger partial charge in [0.25, 0.3) is 0 Å². The minimum atomic E-state index is -1.49. The van der Waals surface area contributed by atoms with Crippen molar-refractivity contribution in [3.8, 4) is 45.7 Å². The Labute approximate surface area is 416 Å². The Morgan fingerprint density at radius 3 is 1.00 bits per heavy atom. The summed E-state index contributed by atoms with van der Waals surface area (Å²) < 4.78 is 94.8. The van der Waals surface area contributed by atoms with Crippen molar-refractivity contribution in [1.29, 1.82) is 0 Å². The van der Waals surface area contributed by atoms with Crippen LogP contribution in [0.1, 0.15) is 77.0 Å². The number of pyridine rings is 3. The second-order valence-corrected chi connectivity index (χ2v) is 22.1. The smallest absolute Gasteiger partial charge is 0.320 e. The highest BCUT2D eigenvalue weighted by molar-refractivity contribution is 5.75. The molecule has 378 valence electrons. The molecule has 2 aliphatic carbocycles. The van der Waals surface area contributed by atoms with E-state index >= 15 is 0 Å². The first kappa shape index (κ1) is 44.1. The van der Waals surface area contributed by atoms with E-state index < -0.39 is 82.2 Å². The fourth-order valence-corrected chi connectivity index (χ4v) is 15.7. The molecule has 17 heteroatoms. The molecule has 12 saturated heterocycles. The molecule has 4 aromatic rings. The van der Waals surface area contributed by atoms with Crippen molar-refractivity contribution < 1.29 is 66.3 Å². The van der Waals surface area contributed by atoms with E-state index in [9.17, 15) is 0 Å². The first-order valence-corrected chi connectivity index (χ1v) is 26.5. The Morgan fingerprint density at radius 2 is 0.694 bits per heavy atom. The number of hydrogen-bond acceptors (Lipinski definition) is 17. The topological polar surface area (TPSA) is 168 Å². The molecule has 8 bridgehead atoms. The number of benzene rings is 1. The van der Waals surface area contributed by atoms with Crippen molar-refractivity contribution in [3.05, 3.63) is 78.9 Å². The van der Waals surface area contributed by atoms with Gasteiger partial charge in [-0.3, -0.25) is 0 Å². The average molecular weight is 986 g/mol. The quantitative estimate of drug-likeness (QED) is 0.175. The molecular weight excluding hydrogens is 927 g/mol. The number of nitrogens with zero attached hydrogens (tertiary/aromatic N) is 3. The van der Waals surface area contributed by atoms with Crippen LogP contribution in [0.5, 0.6) is 11.8 Å². The van der Waals surface area contributed by atoms with Gasteiger partial charge in [-0.1, -0.05) is 42.5 Å². The molecule has 72 heavy (non-hydrogen) atoms. The number of aromatic nitrogens is 3. The summed E-state index contributed by atoms with van der Waals surface area (Å²) in [6.45, 7) is 3.72. The lowest BCUT2D eigenvalue weighted by Gasteiger charge is -2.72. The molecule has 0 N–H and O–H groups in total.